The van der Waals surface area contributed by atoms with Gasteiger partial charge in [-0.15, -0.1) is 0 Å². The lowest BCUT2D eigenvalue weighted by Crippen LogP contribution is -2.49. The third kappa shape index (κ3) is 3.65. The van der Waals surface area contributed by atoms with Crippen molar-refractivity contribution in [2.75, 3.05) is 13.1 Å². The van der Waals surface area contributed by atoms with Gasteiger partial charge in [-0.05, 0) is 17.9 Å². The SMILES string of the molecule is O=C(O)CN1CC=CC[C@H](NC(=O)c2nccc3ccccc23)C1=O. The van der Waals surface area contributed by atoms with Gasteiger partial charge in [0.25, 0.3) is 5.91 Å². The van der Waals surface area contributed by atoms with E-state index >= 15 is 0 Å². The van der Waals surface area contributed by atoms with Gasteiger partial charge in [0.15, 0.2) is 0 Å². The second-order valence-corrected chi connectivity index (χ2v) is 5.73. The van der Waals surface area contributed by atoms with E-state index in [0.717, 1.165) is 5.39 Å². The molecular formula is C18H17N3O4. The van der Waals surface area contributed by atoms with Crippen LogP contribution in [0.3, 0.4) is 0 Å². The number of pyridine rings is 1. The predicted molar refractivity (Wildman–Crippen MR) is 91.0 cm³/mol. The molecule has 0 saturated carbocycles. The van der Waals surface area contributed by atoms with Crippen molar-refractivity contribution in [1.82, 2.24) is 15.2 Å². The Bertz CT molecular complexity index is 857. The van der Waals surface area contributed by atoms with Crippen molar-refractivity contribution in [3.63, 3.8) is 0 Å². The van der Waals surface area contributed by atoms with Gasteiger partial charge in [-0.3, -0.25) is 19.4 Å². The average Bonchev–Trinajstić information content (AvgIpc) is 2.77. The predicted octanol–water partition coefficient (Wildman–Crippen LogP) is 1.21. The number of carbonyl (C=O) groups excluding carboxylic acids is 2. The molecule has 0 fully saturated rings. The molecule has 2 aromatic rings. The molecule has 1 aliphatic rings. The maximum atomic E-state index is 12.6. The smallest absolute Gasteiger partial charge is 0.323 e. The maximum Gasteiger partial charge on any atom is 0.323 e. The summed E-state index contributed by atoms with van der Waals surface area (Å²) < 4.78 is 0. The average molecular weight is 339 g/mol. The molecule has 2 amide bonds. The number of amides is 2. The number of aliphatic carboxylic acids is 1. The highest BCUT2D eigenvalue weighted by Crippen LogP contribution is 2.17. The highest BCUT2D eigenvalue weighted by atomic mass is 16.4. The van der Waals surface area contributed by atoms with E-state index in [-0.39, 0.29) is 12.2 Å². The summed E-state index contributed by atoms with van der Waals surface area (Å²) in [6.07, 6.45) is 5.35. The zero-order valence-corrected chi connectivity index (χ0v) is 13.4. The first-order valence-electron chi connectivity index (χ1n) is 7.86. The van der Waals surface area contributed by atoms with Gasteiger partial charge in [0.1, 0.15) is 18.3 Å². The van der Waals surface area contributed by atoms with E-state index in [9.17, 15) is 14.4 Å². The van der Waals surface area contributed by atoms with Crippen molar-refractivity contribution < 1.29 is 19.5 Å². The fourth-order valence-electron chi connectivity index (χ4n) is 2.80. The number of hydrogen-bond donors (Lipinski definition) is 2. The van der Waals surface area contributed by atoms with Crippen LogP contribution in [0.1, 0.15) is 16.9 Å². The van der Waals surface area contributed by atoms with Crippen LogP contribution < -0.4 is 5.32 Å². The van der Waals surface area contributed by atoms with Crippen LogP contribution in [0.15, 0.2) is 48.7 Å². The number of carboxylic acids is 1. The van der Waals surface area contributed by atoms with Crippen molar-refractivity contribution in [2.24, 2.45) is 0 Å². The molecule has 1 atom stereocenters. The summed E-state index contributed by atoms with van der Waals surface area (Å²) in [4.78, 5) is 41.4. The molecule has 2 heterocycles. The molecule has 25 heavy (non-hydrogen) atoms. The summed E-state index contributed by atoms with van der Waals surface area (Å²) in [5.74, 6) is -1.97. The summed E-state index contributed by atoms with van der Waals surface area (Å²) in [7, 11) is 0. The van der Waals surface area contributed by atoms with Crippen molar-refractivity contribution >= 4 is 28.6 Å². The molecule has 1 aromatic carbocycles. The highest BCUT2D eigenvalue weighted by molar-refractivity contribution is 6.06. The van der Waals surface area contributed by atoms with Crippen LogP contribution in [0.25, 0.3) is 10.8 Å². The minimum atomic E-state index is -1.09. The second kappa shape index (κ2) is 7.12. The number of benzene rings is 1. The van der Waals surface area contributed by atoms with Gasteiger partial charge in [0, 0.05) is 18.1 Å². The maximum absolute atomic E-state index is 12.6. The third-order valence-corrected chi connectivity index (χ3v) is 3.99. The van der Waals surface area contributed by atoms with Crippen molar-refractivity contribution in [1.29, 1.82) is 0 Å². The molecule has 1 aliphatic heterocycles. The van der Waals surface area contributed by atoms with Crippen LogP contribution in [-0.4, -0.2) is 51.9 Å². The van der Waals surface area contributed by atoms with Gasteiger partial charge >= 0.3 is 5.97 Å². The molecule has 7 heteroatoms. The minimum Gasteiger partial charge on any atom is -0.480 e. The Morgan fingerprint density at radius 3 is 2.84 bits per heavy atom. The Balaban J connectivity index is 1.82. The van der Waals surface area contributed by atoms with Crippen LogP contribution in [0.4, 0.5) is 0 Å². The van der Waals surface area contributed by atoms with Crippen molar-refractivity contribution in [3.8, 4) is 0 Å². The lowest BCUT2D eigenvalue weighted by molar-refractivity contribution is -0.144. The minimum absolute atomic E-state index is 0.212. The van der Waals surface area contributed by atoms with Gasteiger partial charge in [0.2, 0.25) is 5.91 Å². The molecule has 1 aromatic heterocycles. The molecule has 0 saturated heterocycles. The van der Waals surface area contributed by atoms with Crippen LogP contribution in [0.2, 0.25) is 0 Å². The standard InChI is InChI=1S/C18H17N3O4/c22-15(23)11-21-10-4-3-7-14(18(21)25)20-17(24)16-13-6-2-1-5-12(13)8-9-19-16/h1-6,8-9,14H,7,10-11H2,(H,20,24)(H,22,23)/t14-/m0/s1. The first kappa shape index (κ1) is 16.6. The summed E-state index contributed by atoms with van der Waals surface area (Å²) in [6, 6.07) is 8.35. The summed E-state index contributed by atoms with van der Waals surface area (Å²) in [6.45, 7) is -0.188. The van der Waals surface area contributed by atoms with E-state index < -0.39 is 30.4 Å². The largest absolute Gasteiger partial charge is 0.480 e. The second-order valence-electron chi connectivity index (χ2n) is 5.73. The zero-order chi connectivity index (χ0) is 17.8. The Labute approximate surface area is 144 Å². The topological polar surface area (TPSA) is 99.6 Å². The fraction of sp³-hybridized carbons (Fsp3) is 0.222. The molecule has 128 valence electrons. The van der Waals surface area contributed by atoms with E-state index in [2.05, 4.69) is 10.3 Å². The number of nitrogens with zero attached hydrogens (tertiary/aromatic N) is 2. The molecule has 0 unspecified atom stereocenters. The Kier molecular flexibility index (Phi) is 4.74. The molecule has 0 spiro atoms. The number of fused-ring (bicyclic) bond motifs is 1. The fourth-order valence-corrected chi connectivity index (χ4v) is 2.80. The van der Waals surface area contributed by atoms with Gasteiger partial charge in [-0.1, -0.05) is 36.4 Å². The lowest BCUT2D eigenvalue weighted by atomic mass is 10.1. The van der Waals surface area contributed by atoms with Crippen LogP contribution in [-0.2, 0) is 9.59 Å². The highest BCUT2D eigenvalue weighted by Gasteiger charge is 2.28. The lowest BCUT2D eigenvalue weighted by Gasteiger charge is -2.23. The molecule has 3 rings (SSSR count). The quantitative estimate of drug-likeness (QED) is 0.816. The Hall–Kier alpha value is -3.22. The van der Waals surface area contributed by atoms with Gasteiger partial charge in [-0.25, -0.2) is 0 Å². The molecule has 2 N–H and O–H groups in total. The van der Waals surface area contributed by atoms with Crippen molar-refractivity contribution in [2.45, 2.75) is 12.5 Å². The summed E-state index contributed by atoms with van der Waals surface area (Å²) in [5.41, 5.74) is 0.240. The normalized spacial score (nSPS) is 17.4. The molecular weight excluding hydrogens is 322 g/mol. The number of rotatable bonds is 4. The van der Waals surface area contributed by atoms with Gasteiger partial charge in [-0.2, -0.15) is 0 Å². The van der Waals surface area contributed by atoms with Crippen LogP contribution >= 0.6 is 0 Å². The monoisotopic (exact) mass is 339 g/mol. The van der Waals surface area contributed by atoms with Crippen molar-refractivity contribution in [3.05, 3.63) is 54.4 Å². The number of hydrogen-bond acceptors (Lipinski definition) is 4. The van der Waals surface area contributed by atoms with Crippen LogP contribution in [0, 0.1) is 0 Å². The molecule has 0 radical (unpaired) electrons. The Morgan fingerprint density at radius 1 is 1.24 bits per heavy atom. The van der Waals surface area contributed by atoms with E-state index in [0.29, 0.717) is 11.8 Å². The van der Waals surface area contributed by atoms with E-state index in [1.165, 1.54) is 4.90 Å². The van der Waals surface area contributed by atoms with Crippen LogP contribution in [0.5, 0.6) is 0 Å². The number of carbonyl (C=O) groups is 3. The number of carboxylic acid groups (broad SMARTS) is 1. The third-order valence-electron chi connectivity index (χ3n) is 3.99. The van der Waals surface area contributed by atoms with Gasteiger partial charge < -0.3 is 15.3 Å². The van der Waals surface area contributed by atoms with E-state index in [1.54, 1.807) is 30.5 Å². The van der Waals surface area contributed by atoms with E-state index in [4.69, 9.17) is 5.11 Å². The molecule has 0 aliphatic carbocycles. The summed E-state index contributed by atoms with van der Waals surface area (Å²) >= 11 is 0. The summed E-state index contributed by atoms with van der Waals surface area (Å²) in [5, 5.41) is 13.2. The van der Waals surface area contributed by atoms with Gasteiger partial charge in [0.05, 0.1) is 0 Å². The molecule has 7 nitrogen and oxygen atoms in total. The number of aromatic nitrogens is 1. The zero-order valence-electron chi connectivity index (χ0n) is 13.4. The Morgan fingerprint density at radius 2 is 2.04 bits per heavy atom. The van der Waals surface area contributed by atoms with E-state index in [1.807, 2.05) is 18.2 Å². The first-order chi connectivity index (χ1) is 12.1. The number of nitrogens with one attached hydrogen (secondary N) is 1. The first-order valence-corrected chi connectivity index (χ1v) is 7.86. The molecule has 0 bridgehead atoms.